The number of carbonyl (C=O) groups excluding carboxylic acids is 1. The SMILES string of the molecule is COc1ccccc1/C=C/C(=O)CC[C@H]1OC(OC)[C@@H](O)[C@H](O)C1O. The van der Waals surface area contributed by atoms with Crippen LogP contribution in [0.15, 0.2) is 30.3 Å². The fraction of sp³-hybridized carbons (Fsp3) is 0.500. The van der Waals surface area contributed by atoms with Gasteiger partial charge in [-0.3, -0.25) is 4.79 Å². The lowest BCUT2D eigenvalue weighted by atomic mass is 9.95. The number of hydrogen-bond donors (Lipinski definition) is 3. The first-order valence-electron chi connectivity index (χ1n) is 8.04. The molecule has 7 nitrogen and oxygen atoms in total. The van der Waals surface area contributed by atoms with Gasteiger partial charge < -0.3 is 29.5 Å². The first-order chi connectivity index (χ1) is 12.0. The van der Waals surface area contributed by atoms with Gasteiger partial charge >= 0.3 is 0 Å². The van der Waals surface area contributed by atoms with E-state index in [4.69, 9.17) is 14.2 Å². The van der Waals surface area contributed by atoms with Crippen molar-refractivity contribution in [3.63, 3.8) is 0 Å². The van der Waals surface area contributed by atoms with Crippen LogP contribution in [-0.2, 0) is 14.3 Å². The summed E-state index contributed by atoms with van der Waals surface area (Å²) in [5.74, 6) is 0.508. The van der Waals surface area contributed by atoms with Crippen molar-refractivity contribution in [2.45, 2.75) is 43.5 Å². The van der Waals surface area contributed by atoms with E-state index in [1.165, 1.54) is 13.2 Å². The first-order valence-corrected chi connectivity index (χ1v) is 8.04. The van der Waals surface area contributed by atoms with Crippen LogP contribution < -0.4 is 4.74 Å². The van der Waals surface area contributed by atoms with Gasteiger partial charge in [0.15, 0.2) is 12.1 Å². The van der Waals surface area contributed by atoms with Crippen LogP contribution in [0.4, 0.5) is 0 Å². The molecule has 1 aliphatic heterocycles. The minimum Gasteiger partial charge on any atom is -0.496 e. The van der Waals surface area contributed by atoms with Crippen molar-refractivity contribution in [2.75, 3.05) is 14.2 Å². The van der Waals surface area contributed by atoms with E-state index >= 15 is 0 Å². The van der Waals surface area contributed by atoms with Gasteiger partial charge in [-0.1, -0.05) is 18.2 Å². The van der Waals surface area contributed by atoms with Gasteiger partial charge in [0, 0.05) is 19.1 Å². The predicted molar refractivity (Wildman–Crippen MR) is 90.0 cm³/mol. The topological polar surface area (TPSA) is 105 Å². The molecule has 1 aliphatic rings. The van der Waals surface area contributed by atoms with E-state index < -0.39 is 30.7 Å². The van der Waals surface area contributed by atoms with E-state index in [1.807, 2.05) is 18.2 Å². The summed E-state index contributed by atoms with van der Waals surface area (Å²) in [5, 5.41) is 29.5. The number of para-hydroxylation sites is 1. The third-order valence-corrected chi connectivity index (χ3v) is 4.16. The fourth-order valence-electron chi connectivity index (χ4n) is 2.70. The number of aliphatic hydroxyl groups excluding tert-OH is 3. The van der Waals surface area contributed by atoms with E-state index in [9.17, 15) is 20.1 Å². The Bertz CT molecular complexity index is 599. The van der Waals surface area contributed by atoms with Crippen LogP contribution in [0.2, 0.25) is 0 Å². The second kappa shape index (κ2) is 9.07. The summed E-state index contributed by atoms with van der Waals surface area (Å²) >= 11 is 0. The lowest BCUT2D eigenvalue weighted by Crippen LogP contribution is -2.57. The van der Waals surface area contributed by atoms with Crippen molar-refractivity contribution in [1.29, 1.82) is 0 Å². The molecule has 0 aromatic heterocycles. The highest BCUT2D eigenvalue weighted by Gasteiger charge is 2.43. The Labute approximate surface area is 146 Å². The molecule has 0 aliphatic carbocycles. The van der Waals surface area contributed by atoms with Crippen molar-refractivity contribution >= 4 is 11.9 Å². The smallest absolute Gasteiger partial charge is 0.186 e. The highest BCUT2D eigenvalue weighted by Crippen LogP contribution is 2.25. The molecule has 1 aromatic rings. The summed E-state index contributed by atoms with van der Waals surface area (Å²) in [7, 11) is 2.89. The third kappa shape index (κ3) is 4.87. The number of aliphatic hydroxyl groups is 3. The molecular formula is C18H24O7. The molecule has 5 atom stereocenters. The molecule has 1 saturated heterocycles. The quantitative estimate of drug-likeness (QED) is 0.614. The lowest BCUT2D eigenvalue weighted by molar-refractivity contribution is -0.290. The maximum atomic E-state index is 12.1. The van der Waals surface area contributed by atoms with Crippen LogP contribution >= 0.6 is 0 Å². The summed E-state index contributed by atoms with van der Waals surface area (Å²) in [4.78, 5) is 12.1. The molecule has 138 valence electrons. The number of allylic oxidation sites excluding steroid dienone is 1. The fourth-order valence-corrected chi connectivity index (χ4v) is 2.70. The highest BCUT2D eigenvalue weighted by atomic mass is 16.7. The standard InChI is InChI=1S/C18H24O7/c1-23-13-6-4-3-5-11(13)7-8-12(19)9-10-14-15(20)16(21)17(22)18(24-2)25-14/h3-8,14-18,20-22H,9-10H2,1-2H3/b8-7+/t14-,15?,16-,17+,18?/m1/s1. The number of hydrogen-bond acceptors (Lipinski definition) is 7. The average molecular weight is 352 g/mol. The molecule has 2 unspecified atom stereocenters. The van der Waals surface area contributed by atoms with Crippen LogP contribution in [0.5, 0.6) is 5.75 Å². The van der Waals surface area contributed by atoms with Crippen LogP contribution in [0.25, 0.3) is 6.08 Å². The number of ketones is 1. The molecule has 25 heavy (non-hydrogen) atoms. The van der Waals surface area contributed by atoms with Crippen LogP contribution in [0.1, 0.15) is 18.4 Å². The monoisotopic (exact) mass is 352 g/mol. The minimum atomic E-state index is -1.39. The first kappa shape index (κ1) is 19.6. The lowest BCUT2D eigenvalue weighted by Gasteiger charge is -2.39. The van der Waals surface area contributed by atoms with Crippen molar-refractivity contribution in [2.24, 2.45) is 0 Å². The summed E-state index contributed by atoms with van der Waals surface area (Å²) < 4.78 is 15.5. The molecule has 1 fully saturated rings. The second-order valence-corrected chi connectivity index (χ2v) is 5.83. The number of ether oxygens (including phenoxy) is 3. The van der Waals surface area contributed by atoms with E-state index in [1.54, 1.807) is 19.3 Å². The van der Waals surface area contributed by atoms with Gasteiger partial charge in [0.1, 0.15) is 24.1 Å². The molecular weight excluding hydrogens is 328 g/mol. The van der Waals surface area contributed by atoms with Crippen LogP contribution in [0.3, 0.4) is 0 Å². The van der Waals surface area contributed by atoms with Gasteiger partial charge in [-0.05, 0) is 24.6 Å². The zero-order valence-corrected chi connectivity index (χ0v) is 14.2. The Morgan fingerprint density at radius 1 is 1.16 bits per heavy atom. The largest absolute Gasteiger partial charge is 0.496 e. The Morgan fingerprint density at radius 3 is 2.56 bits per heavy atom. The van der Waals surface area contributed by atoms with Crippen LogP contribution in [-0.4, -0.2) is 66.0 Å². The van der Waals surface area contributed by atoms with E-state index in [2.05, 4.69) is 0 Å². The van der Waals surface area contributed by atoms with E-state index in [0.717, 1.165) is 5.56 Å². The zero-order chi connectivity index (χ0) is 18.4. The van der Waals surface area contributed by atoms with Crippen molar-refractivity contribution in [3.8, 4) is 5.75 Å². The third-order valence-electron chi connectivity index (χ3n) is 4.16. The number of carbonyl (C=O) groups is 1. The normalized spacial score (nSPS) is 29.7. The highest BCUT2D eigenvalue weighted by molar-refractivity contribution is 5.93. The van der Waals surface area contributed by atoms with Gasteiger partial charge in [0.25, 0.3) is 0 Å². The predicted octanol–water partition coefficient (Wildman–Crippen LogP) is 0.512. The zero-order valence-electron chi connectivity index (χ0n) is 14.2. The summed E-state index contributed by atoms with van der Waals surface area (Å²) in [5.41, 5.74) is 0.783. The average Bonchev–Trinajstić information content (AvgIpc) is 2.64. The van der Waals surface area contributed by atoms with Gasteiger partial charge in [0.05, 0.1) is 13.2 Å². The maximum Gasteiger partial charge on any atom is 0.186 e. The number of rotatable bonds is 7. The van der Waals surface area contributed by atoms with E-state index in [-0.39, 0.29) is 18.6 Å². The maximum absolute atomic E-state index is 12.1. The van der Waals surface area contributed by atoms with Gasteiger partial charge in [-0.2, -0.15) is 0 Å². The second-order valence-electron chi connectivity index (χ2n) is 5.83. The summed E-state index contributed by atoms with van der Waals surface area (Å²) in [6, 6.07) is 7.31. The Morgan fingerprint density at radius 2 is 1.88 bits per heavy atom. The minimum absolute atomic E-state index is 0.118. The van der Waals surface area contributed by atoms with Gasteiger partial charge in [-0.15, -0.1) is 0 Å². The Kier molecular flexibility index (Phi) is 7.10. The number of benzene rings is 1. The summed E-state index contributed by atoms with van der Waals surface area (Å²) in [6.45, 7) is 0. The molecule has 0 spiro atoms. The van der Waals surface area contributed by atoms with Crippen molar-refractivity contribution < 1.29 is 34.3 Å². The molecule has 2 rings (SSSR count). The van der Waals surface area contributed by atoms with Crippen molar-refractivity contribution in [3.05, 3.63) is 35.9 Å². The number of methoxy groups -OCH3 is 2. The van der Waals surface area contributed by atoms with Crippen LogP contribution in [0, 0.1) is 0 Å². The molecule has 3 N–H and O–H groups in total. The molecule has 7 heteroatoms. The molecule has 0 amide bonds. The van der Waals surface area contributed by atoms with Gasteiger partial charge in [-0.25, -0.2) is 0 Å². The molecule has 0 radical (unpaired) electrons. The van der Waals surface area contributed by atoms with E-state index in [0.29, 0.717) is 5.75 Å². The Balaban J connectivity index is 1.92. The molecule has 1 aromatic carbocycles. The molecule has 0 saturated carbocycles. The summed E-state index contributed by atoms with van der Waals surface area (Å²) in [6.07, 6.45) is -2.43. The van der Waals surface area contributed by atoms with Crippen molar-refractivity contribution in [1.82, 2.24) is 0 Å². The Hall–Kier alpha value is -1.77. The molecule has 0 bridgehead atoms. The van der Waals surface area contributed by atoms with Gasteiger partial charge in [0.2, 0.25) is 0 Å². The molecule has 1 heterocycles.